The van der Waals surface area contributed by atoms with E-state index in [4.69, 9.17) is 0 Å². The van der Waals surface area contributed by atoms with Crippen LogP contribution in [0.2, 0.25) is 0 Å². The molecule has 0 saturated heterocycles. The molecule has 0 fully saturated rings. The largest absolute Gasteiger partial charge is 0.478 e. The number of benzene rings is 3. The number of rotatable bonds is 5. The topological polar surface area (TPSA) is 84.2 Å². The van der Waals surface area contributed by atoms with Crippen molar-refractivity contribution in [2.45, 2.75) is 0 Å². The normalized spacial score (nSPS) is 10.5. The highest BCUT2D eigenvalue weighted by Crippen LogP contribution is 2.26. The molecule has 29 heavy (non-hydrogen) atoms. The van der Waals surface area contributed by atoms with Crippen molar-refractivity contribution >= 4 is 17.6 Å². The van der Waals surface area contributed by atoms with Gasteiger partial charge in [-0.2, -0.15) is 5.10 Å². The van der Waals surface area contributed by atoms with Gasteiger partial charge in [-0.25, -0.2) is 9.48 Å². The molecular weight excluding hydrogens is 366 g/mol. The van der Waals surface area contributed by atoms with Gasteiger partial charge in [0.25, 0.3) is 5.91 Å². The Labute approximate surface area is 167 Å². The van der Waals surface area contributed by atoms with Crippen molar-refractivity contribution in [3.8, 4) is 16.8 Å². The first-order valence-corrected chi connectivity index (χ1v) is 8.96. The highest BCUT2D eigenvalue weighted by atomic mass is 16.4. The van der Waals surface area contributed by atoms with Crippen molar-refractivity contribution in [3.05, 3.63) is 102 Å². The van der Waals surface area contributed by atoms with Gasteiger partial charge in [-0.05, 0) is 47.5 Å². The molecule has 2 N–H and O–H groups in total. The standard InChI is InChI=1S/C23H17N3O3/c27-22(18-8-4-9-19(14-18)26-13-5-12-24-26)25-21-15-17(10-11-20(21)23(28)29)16-6-2-1-3-7-16/h1-15H,(H,25,27)(H,28,29). The van der Waals surface area contributed by atoms with E-state index in [1.807, 2.05) is 36.4 Å². The Balaban J connectivity index is 1.67. The number of carboxylic acids is 1. The smallest absolute Gasteiger partial charge is 0.337 e. The van der Waals surface area contributed by atoms with E-state index in [2.05, 4.69) is 10.4 Å². The molecule has 0 radical (unpaired) electrons. The van der Waals surface area contributed by atoms with Gasteiger partial charge in [0.15, 0.2) is 0 Å². The molecule has 142 valence electrons. The first-order valence-electron chi connectivity index (χ1n) is 8.96. The summed E-state index contributed by atoms with van der Waals surface area (Å²) in [6, 6.07) is 23.2. The van der Waals surface area contributed by atoms with Crippen molar-refractivity contribution in [1.82, 2.24) is 9.78 Å². The molecule has 0 aliphatic heterocycles. The summed E-state index contributed by atoms with van der Waals surface area (Å²) in [4.78, 5) is 24.5. The molecule has 1 aromatic heterocycles. The van der Waals surface area contributed by atoms with Crippen molar-refractivity contribution in [1.29, 1.82) is 0 Å². The van der Waals surface area contributed by atoms with E-state index in [1.165, 1.54) is 6.07 Å². The number of hydrogen-bond donors (Lipinski definition) is 2. The summed E-state index contributed by atoms with van der Waals surface area (Å²) >= 11 is 0. The Kier molecular flexibility index (Phi) is 4.90. The Bertz CT molecular complexity index is 1170. The average Bonchev–Trinajstić information content (AvgIpc) is 3.29. The quantitative estimate of drug-likeness (QED) is 0.532. The maximum Gasteiger partial charge on any atom is 0.337 e. The number of aromatic carboxylic acids is 1. The zero-order valence-electron chi connectivity index (χ0n) is 15.3. The van der Waals surface area contributed by atoms with Crippen molar-refractivity contribution < 1.29 is 14.7 Å². The summed E-state index contributed by atoms with van der Waals surface area (Å²) in [7, 11) is 0. The van der Waals surface area contributed by atoms with Crippen molar-refractivity contribution in [2.75, 3.05) is 5.32 Å². The molecule has 3 aromatic carbocycles. The second-order valence-corrected chi connectivity index (χ2v) is 6.39. The Morgan fingerprint density at radius 1 is 0.862 bits per heavy atom. The third kappa shape index (κ3) is 3.91. The summed E-state index contributed by atoms with van der Waals surface area (Å²) in [5.41, 5.74) is 3.16. The number of amides is 1. The lowest BCUT2D eigenvalue weighted by atomic mass is 10.0. The van der Waals surface area contributed by atoms with Gasteiger partial charge in [0.1, 0.15) is 0 Å². The van der Waals surface area contributed by atoms with Crippen molar-refractivity contribution in [2.24, 2.45) is 0 Å². The molecule has 0 aliphatic rings. The average molecular weight is 383 g/mol. The fourth-order valence-corrected chi connectivity index (χ4v) is 3.05. The van der Waals surface area contributed by atoms with Crippen LogP contribution in [0.1, 0.15) is 20.7 Å². The van der Waals surface area contributed by atoms with E-state index in [0.717, 1.165) is 16.8 Å². The third-order valence-electron chi connectivity index (χ3n) is 4.48. The summed E-state index contributed by atoms with van der Waals surface area (Å²) in [6.07, 6.45) is 3.43. The fourth-order valence-electron chi connectivity index (χ4n) is 3.05. The van der Waals surface area contributed by atoms with E-state index in [1.54, 1.807) is 53.5 Å². The van der Waals surface area contributed by atoms with E-state index in [0.29, 0.717) is 5.56 Å². The molecule has 0 saturated carbocycles. The number of carbonyl (C=O) groups is 2. The van der Waals surface area contributed by atoms with E-state index in [-0.39, 0.29) is 11.3 Å². The van der Waals surface area contributed by atoms with Crippen LogP contribution in [0.15, 0.2) is 91.3 Å². The molecule has 1 heterocycles. The molecule has 0 unspecified atom stereocenters. The lowest BCUT2D eigenvalue weighted by molar-refractivity contribution is 0.0698. The van der Waals surface area contributed by atoms with Gasteiger partial charge in [0.05, 0.1) is 16.9 Å². The zero-order chi connectivity index (χ0) is 20.2. The van der Waals surface area contributed by atoms with Crippen LogP contribution in [-0.2, 0) is 0 Å². The van der Waals surface area contributed by atoms with E-state index in [9.17, 15) is 14.7 Å². The Morgan fingerprint density at radius 3 is 2.41 bits per heavy atom. The number of hydrogen-bond acceptors (Lipinski definition) is 3. The van der Waals surface area contributed by atoms with E-state index >= 15 is 0 Å². The summed E-state index contributed by atoms with van der Waals surface area (Å²) in [5, 5.41) is 16.4. The number of carbonyl (C=O) groups excluding carboxylic acids is 1. The number of aromatic nitrogens is 2. The molecular formula is C23H17N3O3. The van der Waals surface area contributed by atoms with Crippen molar-refractivity contribution in [3.63, 3.8) is 0 Å². The first kappa shape index (κ1) is 18.2. The second kappa shape index (κ2) is 7.82. The predicted molar refractivity (Wildman–Crippen MR) is 110 cm³/mol. The zero-order valence-corrected chi connectivity index (χ0v) is 15.3. The molecule has 6 heteroatoms. The minimum Gasteiger partial charge on any atom is -0.478 e. The maximum absolute atomic E-state index is 12.8. The third-order valence-corrected chi connectivity index (χ3v) is 4.48. The molecule has 0 aliphatic carbocycles. The van der Waals surface area contributed by atoms with Gasteiger partial charge < -0.3 is 10.4 Å². The van der Waals surface area contributed by atoms with Crippen LogP contribution >= 0.6 is 0 Å². The highest BCUT2D eigenvalue weighted by molar-refractivity contribution is 6.08. The monoisotopic (exact) mass is 383 g/mol. The van der Waals surface area contributed by atoms with Gasteiger partial charge in [-0.15, -0.1) is 0 Å². The second-order valence-electron chi connectivity index (χ2n) is 6.39. The maximum atomic E-state index is 12.8. The lowest BCUT2D eigenvalue weighted by Gasteiger charge is -2.12. The number of nitrogens with one attached hydrogen (secondary N) is 1. The van der Waals surface area contributed by atoms with Crippen LogP contribution in [0.3, 0.4) is 0 Å². The van der Waals surface area contributed by atoms with Crippen LogP contribution in [0.25, 0.3) is 16.8 Å². The first-order chi connectivity index (χ1) is 14.1. The number of nitrogens with zero attached hydrogens (tertiary/aromatic N) is 2. The summed E-state index contributed by atoms with van der Waals surface area (Å²) in [6.45, 7) is 0. The van der Waals surface area contributed by atoms with Gasteiger partial charge in [-0.3, -0.25) is 4.79 Å². The van der Waals surface area contributed by atoms with Gasteiger partial charge in [-0.1, -0.05) is 42.5 Å². The Morgan fingerprint density at radius 2 is 1.69 bits per heavy atom. The van der Waals surface area contributed by atoms with Gasteiger partial charge in [0, 0.05) is 18.0 Å². The van der Waals surface area contributed by atoms with Gasteiger partial charge in [0.2, 0.25) is 0 Å². The molecule has 0 bridgehead atoms. The minimum atomic E-state index is -1.11. The van der Waals surface area contributed by atoms with Crippen LogP contribution in [0.4, 0.5) is 5.69 Å². The SMILES string of the molecule is O=C(Nc1cc(-c2ccccc2)ccc1C(=O)O)c1cccc(-n2cccn2)c1. The van der Waals surface area contributed by atoms with Gasteiger partial charge >= 0.3 is 5.97 Å². The molecule has 1 amide bonds. The summed E-state index contributed by atoms with van der Waals surface area (Å²) in [5.74, 6) is -1.50. The van der Waals surface area contributed by atoms with Crippen LogP contribution in [-0.4, -0.2) is 26.8 Å². The molecule has 4 aromatic rings. The molecule has 0 atom stereocenters. The predicted octanol–water partition coefficient (Wildman–Crippen LogP) is 4.49. The van der Waals surface area contributed by atoms with E-state index < -0.39 is 11.9 Å². The van der Waals surface area contributed by atoms with Crippen LogP contribution in [0.5, 0.6) is 0 Å². The van der Waals surface area contributed by atoms with Crippen LogP contribution < -0.4 is 5.32 Å². The lowest BCUT2D eigenvalue weighted by Crippen LogP contribution is -2.15. The highest BCUT2D eigenvalue weighted by Gasteiger charge is 2.15. The van der Waals surface area contributed by atoms with Crippen LogP contribution in [0, 0.1) is 0 Å². The fraction of sp³-hybridized carbons (Fsp3) is 0. The Hall–Kier alpha value is -4.19. The molecule has 4 rings (SSSR count). The summed E-state index contributed by atoms with van der Waals surface area (Å²) < 4.78 is 1.65. The number of carboxylic acid groups (broad SMARTS) is 1. The number of anilines is 1. The molecule has 0 spiro atoms. The molecule has 6 nitrogen and oxygen atoms in total. The minimum absolute atomic E-state index is 0.0289.